The van der Waals surface area contributed by atoms with Gasteiger partial charge in [0.05, 0.1) is 5.60 Å². The largest absolute Gasteiger partial charge is 0.484 e. The highest BCUT2D eigenvalue weighted by atomic mass is 16.5. The van der Waals surface area contributed by atoms with Gasteiger partial charge in [-0.2, -0.15) is 0 Å². The van der Waals surface area contributed by atoms with Crippen LogP contribution in [-0.2, 0) is 17.6 Å². The average molecular weight is 454 g/mol. The molecule has 178 valence electrons. The number of rotatable bonds is 6. The normalized spacial score (nSPS) is 26.8. The fourth-order valence-corrected chi connectivity index (χ4v) is 6.47. The smallest absolute Gasteiger partial charge is 0.339 e. The number of aryl methyl sites for hydroxylation is 1. The first-order valence-corrected chi connectivity index (χ1v) is 12.7. The molecule has 6 heteroatoms. The summed E-state index contributed by atoms with van der Waals surface area (Å²) in [5.74, 6) is 0.667. The third-order valence-corrected chi connectivity index (χ3v) is 8.20. The fraction of sp³-hybridized carbons (Fsp3) is 0.630. The van der Waals surface area contributed by atoms with E-state index in [1.54, 1.807) is 6.07 Å². The van der Waals surface area contributed by atoms with E-state index in [0.717, 1.165) is 80.7 Å². The standard InChI is InChI=1S/C27H35NO5/c1-2-3-10-23-22-9-4-5-13-27(22,31)14-15-28(23)25(29)17-32-18-11-12-20-19-7-6-8-21(19)26(30)33-24(20)16-18/h11-12,16,22-23,31H,2-10,13-15,17H2,1H3/t22-,23+,27+/m1/s1. The number of ether oxygens (including phenoxy) is 1. The summed E-state index contributed by atoms with van der Waals surface area (Å²) in [4.78, 5) is 27.5. The zero-order valence-electron chi connectivity index (χ0n) is 19.6. The van der Waals surface area contributed by atoms with Crippen molar-refractivity contribution in [3.05, 3.63) is 39.7 Å². The van der Waals surface area contributed by atoms with E-state index in [0.29, 0.717) is 24.3 Å². The van der Waals surface area contributed by atoms with Crippen LogP contribution >= 0.6 is 0 Å². The van der Waals surface area contributed by atoms with Gasteiger partial charge in [-0.25, -0.2) is 4.79 Å². The van der Waals surface area contributed by atoms with Crippen LogP contribution in [0.4, 0.5) is 0 Å². The lowest BCUT2D eigenvalue weighted by Crippen LogP contribution is -2.61. The Balaban J connectivity index is 1.31. The lowest BCUT2D eigenvalue weighted by atomic mass is 9.66. The summed E-state index contributed by atoms with van der Waals surface area (Å²) in [7, 11) is 0. The molecule has 2 heterocycles. The molecule has 1 saturated heterocycles. The molecule has 3 aliphatic rings. The first-order valence-electron chi connectivity index (χ1n) is 12.7. The molecule has 1 amide bonds. The van der Waals surface area contributed by atoms with Crippen molar-refractivity contribution in [2.24, 2.45) is 5.92 Å². The van der Waals surface area contributed by atoms with E-state index < -0.39 is 5.60 Å². The van der Waals surface area contributed by atoms with E-state index in [4.69, 9.17) is 9.15 Å². The molecule has 1 saturated carbocycles. The van der Waals surface area contributed by atoms with Gasteiger partial charge in [0, 0.05) is 35.5 Å². The van der Waals surface area contributed by atoms with E-state index in [2.05, 4.69) is 6.92 Å². The van der Waals surface area contributed by atoms with Gasteiger partial charge in [-0.15, -0.1) is 0 Å². The number of nitrogens with zero attached hydrogens (tertiary/aromatic N) is 1. The molecule has 1 N–H and O–H groups in total. The number of amides is 1. The molecule has 0 bridgehead atoms. The van der Waals surface area contributed by atoms with Crippen LogP contribution in [0.2, 0.25) is 0 Å². The minimum Gasteiger partial charge on any atom is -0.484 e. The SMILES string of the molecule is CCCC[C@H]1[C@H]2CCCC[C@]2(O)CCN1C(=O)COc1ccc2c3c(c(=O)oc2c1)CCC3. The average Bonchev–Trinajstić information content (AvgIpc) is 3.31. The summed E-state index contributed by atoms with van der Waals surface area (Å²) >= 11 is 0. The van der Waals surface area contributed by atoms with Crippen LogP contribution in [0.15, 0.2) is 27.4 Å². The van der Waals surface area contributed by atoms with Crippen molar-refractivity contribution < 1.29 is 19.1 Å². The molecular weight excluding hydrogens is 418 g/mol. The van der Waals surface area contributed by atoms with Gasteiger partial charge >= 0.3 is 5.63 Å². The predicted molar refractivity (Wildman–Crippen MR) is 127 cm³/mol. The van der Waals surface area contributed by atoms with Gasteiger partial charge in [0.15, 0.2) is 6.61 Å². The molecule has 1 aliphatic heterocycles. The summed E-state index contributed by atoms with van der Waals surface area (Å²) in [6, 6.07) is 5.61. The number of hydrogen-bond acceptors (Lipinski definition) is 5. The number of aliphatic hydroxyl groups is 1. The predicted octanol–water partition coefficient (Wildman–Crippen LogP) is 4.37. The van der Waals surface area contributed by atoms with E-state index in [1.165, 1.54) is 0 Å². The van der Waals surface area contributed by atoms with Crippen molar-refractivity contribution in [2.75, 3.05) is 13.2 Å². The number of hydrogen-bond donors (Lipinski definition) is 1. The Morgan fingerprint density at radius 2 is 2.06 bits per heavy atom. The van der Waals surface area contributed by atoms with Crippen molar-refractivity contribution in [2.45, 2.75) is 89.2 Å². The quantitative estimate of drug-likeness (QED) is 0.657. The Morgan fingerprint density at radius 1 is 1.21 bits per heavy atom. The van der Waals surface area contributed by atoms with E-state index >= 15 is 0 Å². The topological polar surface area (TPSA) is 80.0 Å². The van der Waals surface area contributed by atoms with Crippen molar-refractivity contribution in [3.8, 4) is 5.75 Å². The Morgan fingerprint density at radius 3 is 2.91 bits per heavy atom. The molecule has 3 atom stereocenters. The lowest BCUT2D eigenvalue weighted by Gasteiger charge is -2.52. The number of carbonyl (C=O) groups excluding carboxylic acids is 1. The molecule has 1 aromatic carbocycles. The van der Waals surface area contributed by atoms with Gasteiger partial charge in [-0.05, 0) is 62.6 Å². The molecular formula is C27H35NO5. The third kappa shape index (κ3) is 4.18. The van der Waals surface area contributed by atoms with Gasteiger partial charge < -0.3 is 19.2 Å². The fourth-order valence-electron chi connectivity index (χ4n) is 6.47. The number of fused-ring (bicyclic) bond motifs is 4. The van der Waals surface area contributed by atoms with Crippen molar-refractivity contribution in [1.29, 1.82) is 0 Å². The number of likely N-dealkylation sites (tertiary alicyclic amines) is 1. The van der Waals surface area contributed by atoms with Crippen molar-refractivity contribution >= 4 is 16.9 Å². The molecule has 6 nitrogen and oxygen atoms in total. The highest BCUT2D eigenvalue weighted by Gasteiger charge is 2.49. The number of piperidine rings is 1. The summed E-state index contributed by atoms with van der Waals surface area (Å²) < 4.78 is 11.4. The van der Waals surface area contributed by atoms with E-state index in [-0.39, 0.29) is 30.1 Å². The summed E-state index contributed by atoms with van der Waals surface area (Å²) in [6.07, 6.45) is 10.4. The summed E-state index contributed by atoms with van der Waals surface area (Å²) in [5.41, 5.74) is 1.55. The molecule has 0 spiro atoms. The summed E-state index contributed by atoms with van der Waals surface area (Å²) in [6.45, 7) is 2.70. The lowest BCUT2D eigenvalue weighted by molar-refractivity contribution is -0.157. The zero-order chi connectivity index (χ0) is 23.0. The number of carbonyl (C=O) groups is 1. The van der Waals surface area contributed by atoms with Crippen LogP contribution in [0.25, 0.3) is 11.0 Å². The summed E-state index contributed by atoms with van der Waals surface area (Å²) in [5, 5.41) is 12.2. The van der Waals surface area contributed by atoms with Crippen LogP contribution in [-0.4, -0.2) is 40.7 Å². The van der Waals surface area contributed by atoms with Gasteiger partial charge in [-0.1, -0.05) is 32.6 Å². The maximum absolute atomic E-state index is 13.2. The van der Waals surface area contributed by atoms with Crippen LogP contribution in [0.3, 0.4) is 0 Å². The highest BCUT2D eigenvalue weighted by molar-refractivity contribution is 5.83. The molecule has 2 fully saturated rings. The second-order valence-corrected chi connectivity index (χ2v) is 10.1. The third-order valence-electron chi connectivity index (χ3n) is 8.20. The van der Waals surface area contributed by atoms with Gasteiger partial charge in [0.25, 0.3) is 5.91 Å². The van der Waals surface area contributed by atoms with E-state index in [1.807, 2.05) is 17.0 Å². The van der Waals surface area contributed by atoms with Crippen molar-refractivity contribution in [3.63, 3.8) is 0 Å². The van der Waals surface area contributed by atoms with Gasteiger partial charge in [0.1, 0.15) is 11.3 Å². The molecule has 5 rings (SSSR count). The molecule has 0 radical (unpaired) electrons. The number of benzene rings is 1. The Hall–Kier alpha value is -2.34. The van der Waals surface area contributed by atoms with Crippen LogP contribution in [0, 0.1) is 5.92 Å². The van der Waals surface area contributed by atoms with Crippen LogP contribution < -0.4 is 10.4 Å². The minimum atomic E-state index is -0.621. The molecule has 2 aromatic rings. The Bertz CT molecular complexity index is 1090. The number of unbranched alkanes of at least 4 members (excludes halogenated alkanes) is 1. The van der Waals surface area contributed by atoms with Gasteiger partial charge in [0.2, 0.25) is 0 Å². The first kappa shape index (κ1) is 22.5. The molecule has 0 unspecified atom stereocenters. The Kier molecular flexibility index (Phi) is 6.21. The monoisotopic (exact) mass is 453 g/mol. The molecule has 2 aliphatic carbocycles. The second kappa shape index (κ2) is 9.13. The highest BCUT2D eigenvalue weighted by Crippen LogP contribution is 2.44. The zero-order valence-corrected chi connectivity index (χ0v) is 19.6. The maximum Gasteiger partial charge on any atom is 0.339 e. The van der Waals surface area contributed by atoms with E-state index in [9.17, 15) is 14.7 Å². The van der Waals surface area contributed by atoms with Crippen LogP contribution in [0.1, 0.15) is 75.8 Å². The first-order chi connectivity index (χ1) is 16.0. The second-order valence-electron chi connectivity index (χ2n) is 10.1. The molecule has 33 heavy (non-hydrogen) atoms. The van der Waals surface area contributed by atoms with Crippen molar-refractivity contribution in [1.82, 2.24) is 4.90 Å². The molecule has 1 aromatic heterocycles. The minimum absolute atomic E-state index is 0.0285. The van der Waals surface area contributed by atoms with Crippen LogP contribution in [0.5, 0.6) is 5.75 Å². The maximum atomic E-state index is 13.2. The Labute approximate surface area is 194 Å². The van der Waals surface area contributed by atoms with Gasteiger partial charge in [-0.3, -0.25) is 4.79 Å².